The summed E-state index contributed by atoms with van der Waals surface area (Å²) in [4.78, 5) is 35.5. The minimum atomic E-state index is -1.45. The van der Waals surface area contributed by atoms with Gasteiger partial charge in [-0.3, -0.25) is 14.4 Å². The van der Waals surface area contributed by atoms with Crippen molar-refractivity contribution in [1.82, 2.24) is 10.6 Å². The molecule has 0 radical (unpaired) electrons. The minimum Gasteiger partial charge on any atom is -0.481 e. The number of amides is 2. The Morgan fingerprint density at radius 1 is 0.838 bits per heavy atom. The van der Waals surface area contributed by atoms with Crippen LogP contribution in [-0.2, 0) is 14.4 Å². The lowest BCUT2D eigenvalue weighted by Crippen LogP contribution is -2.47. The van der Waals surface area contributed by atoms with Crippen LogP contribution in [0, 0.1) is 11.3 Å². The smallest absolute Gasteiger partial charge is 0.308 e. The molecule has 0 rings (SSSR count). The third kappa shape index (κ3) is 18.9. The molecular formula is C29H54N2O6. The summed E-state index contributed by atoms with van der Waals surface area (Å²) in [7, 11) is 0. The first-order valence-electron chi connectivity index (χ1n) is 14.4. The molecule has 2 atom stereocenters. The average molecular weight is 527 g/mol. The highest BCUT2D eigenvalue weighted by Crippen LogP contribution is 2.19. The number of carbonyl (C=O) groups excluding carboxylic acids is 2. The van der Waals surface area contributed by atoms with E-state index in [0.29, 0.717) is 6.42 Å². The van der Waals surface area contributed by atoms with E-state index in [9.17, 15) is 29.7 Å². The van der Waals surface area contributed by atoms with Crippen molar-refractivity contribution in [1.29, 1.82) is 0 Å². The summed E-state index contributed by atoms with van der Waals surface area (Å²) in [6.07, 6.45) is 19.4. The molecule has 0 aliphatic carbocycles. The highest BCUT2D eigenvalue weighted by molar-refractivity contribution is 5.82. The van der Waals surface area contributed by atoms with Crippen LogP contribution in [-0.4, -0.2) is 58.9 Å². The third-order valence-electron chi connectivity index (χ3n) is 6.75. The van der Waals surface area contributed by atoms with Gasteiger partial charge in [0.1, 0.15) is 6.10 Å². The summed E-state index contributed by atoms with van der Waals surface area (Å²) in [5.74, 6) is -2.78. The van der Waals surface area contributed by atoms with E-state index in [1.807, 2.05) is 0 Å². The predicted molar refractivity (Wildman–Crippen MR) is 148 cm³/mol. The number of aliphatic hydroxyl groups is 2. The molecule has 0 heterocycles. The third-order valence-corrected chi connectivity index (χ3v) is 6.75. The topological polar surface area (TPSA) is 136 Å². The summed E-state index contributed by atoms with van der Waals surface area (Å²) in [6.45, 7) is 4.99. The van der Waals surface area contributed by atoms with Gasteiger partial charge in [0.05, 0.1) is 12.5 Å². The maximum absolute atomic E-state index is 12.0. The van der Waals surface area contributed by atoms with Crippen molar-refractivity contribution >= 4 is 17.8 Å². The molecule has 2 unspecified atom stereocenters. The molecule has 0 aromatic rings. The van der Waals surface area contributed by atoms with Crippen LogP contribution in [0.3, 0.4) is 0 Å². The summed E-state index contributed by atoms with van der Waals surface area (Å²) in [5.41, 5.74) is -1.03. The van der Waals surface area contributed by atoms with E-state index in [1.165, 1.54) is 71.6 Å². The van der Waals surface area contributed by atoms with Crippen LogP contribution in [0.5, 0.6) is 0 Å². The van der Waals surface area contributed by atoms with Crippen molar-refractivity contribution in [3.63, 3.8) is 0 Å². The number of carboxylic acid groups (broad SMARTS) is 1. The number of carboxylic acids is 1. The van der Waals surface area contributed by atoms with Crippen molar-refractivity contribution in [2.24, 2.45) is 11.3 Å². The van der Waals surface area contributed by atoms with Gasteiger partial charge in [-0.2, -0.15) is 0 Å². The van der Waals surface area contributed by atoms with Gasteiger partial charge in [-0.05, 0) is 38.5 Å². The highest BCUT2D eigenvalue weighted by Gasteiger charge is 2.33. The van der Waals surface area contributed by atoms with Crippen molar-refractivity contribution < 1.29 is 29.7 Å². The number of aliphatic hydroxyl groups excluding tert-OH is 2. The highest BCUT2D eigenvalue weighted by atomic mass is 16.4. The first kappa shape index (κ1) is 35.1. The predicted octanol–water partition coefficient (Wildman–Crippen LogP) is 4.73. The van der Waals surface area contributed by atoms with Crippen LogP contribution in [0.2, 0.25) is 0 Å². The van der Waals surface area contributed by atoms with Crippen molar-refractivity contribution in [3.8, 4) is 0 Å². The van der Waals surface area contributed by atoms with E-state index in [-0.39, 0.29) is 32.0 Å². The standard InChI is InChI=1S/C29H54N2O6/c1-4-5-6-7-8-9-10-11-12-13-14-15-16-17-18-19-25(33)30-21-20-24(28(36)37)22-31-27(35)26(34)29(2,3)23-32/h11-12,24,26,32,34H,4-10,13-23H2,1-3H3,(H,30,33)(H,31,35)(H,36,37)/b12-11-. The fourth-order valence-electron chi connectivity index (χ4n) is 3.91. The zero-order valence-corrected chi connectivity index (χ0v) is 23.6. The van der Waals surface area contributed by atoms with E-state index < -0.39 is 29.3 Å². The number of hydrogen-bond acceptors (Lipinski definition) is 5. The normalized spacial score (nSPS) is 13.4. The lowest BCUT2D eigenvalue weighted by Gasteiger charge is -2.27. The molecule has 216 valence electrons. The van der Waals surface area contributed by atoms with Crippen molar-refractivity contribution in [2.75, 3.05) is 19.7 Å². The molecule has 0 saturated heterocycles. The van der Waals surface area contributed by atoms with Gasteiger partial charge in [0.15, 0.2) is 0 Å². The Bertz CT molecular complexity index is 650. The SMILES string of the molecule is CCCCCCCC/C=C\CCCCCCCC(=O)NCCC(CNC(=O)C(O)C(C)(C)CO)C(=O)O. The molecule has 37 heavy (non-hydrogen) atoms. The average Bonchev–Trinajstić information content (AvgIpc) is 2.87. The minimum absolute atomic E-state index is 0.0917. The lowest BCUT2D eigenvalue weighted by atomic mass is 9.87. The number of aliphatic carboxylic acids is 1. The Balaban J connectivity index is 3.82. The van der Waals surface area contributed by atoms with Gasteiger partial charge in [0.2, 0.25) is 11.8 Å². The molecule has 0 aromatic carbocycles. The maximum atomic E-state index is 12.0. The molecule has 0 fully saturated rings. The van der Waals surface area contributed by atoms with Gasteiger partial charge in [0, 0.05) is 24.9 Å². The number of hydrogen-bond donors (Lipinski definition) is 5. The van der Waals surface area contributed by atoms with E-state index in [0.717, 1.165) is 25.7 Å². The van der Waals surface area contributed by atoms with Gasteiger partial charge in [0.25, 0.3) is 0 Å². The number of nitrogens with one attached hydrogen (secondary N) is 2. The number of rotatable bonds is 24. The van der Waals surface area contributed by atoms with Gasteiger partial charge in [-0.1, -0.05) is 84.3 Å². The van der Waals surface area contributed by atoms with Gasteiger partial charge in [-0.15, -0.1) is 0 Å². The van der Waals surface area contributed by atoms with Gasteiger partial charge >= 0.3 is 5.97 Å². The summed E-state index contributed by atoms with van der Waals surface area (Å²) in [6, 6.07) is 0. The van der Waals surface area contributed by atoms with Gasteiger partial charge < -0.3 is 26.0 Å². The Labute approximate surface area is 224 Å². The molecule has 0 saturated carbocycles. The van der Waals surface area contributed by atoms with Crippen LogP contribution in [0.15, 0.2) is 12.2 Å². The van der Waals surface area contributed by atoms with Gasteiger partial charge in [-0.25, -0.2) is 0 Å². The van der Waals surface area contributed by atoms with E-state index in [4.69, 9.17) is 0 Å². The molecule has 8 heteroatoms. The molecule has 0 aromatic heterocycles. The van der Waals surface area contributed by atoms with E-state index >= 15 is 0 Å². The van der Waals surface area contributed by atoms with E-state index in [2.05, 4.69) is 29.7 Å². The second-order valence-corrected chi connectivity index (χ2v) is 10.8. The molecule has 0 bridgehead atoms. The summed E-state index contributed by atoms with van der Waals surface area (Å²) >= 11 is 0. The fraction of sp³-hybridized carbons (Fsp3) is 0.828. The number of unbranched alkanes of at least 4 members (excludes halogenated alkanes) is 11. The van der Waals surface area contributed by atoms with Crippen LogP contribution < -0.4 is 10.6 Å². The van der Waals surface area contributed by atoms with E-state index in [1.54, 1.807) is 0 Å². The largest absolute Gasteiger partial charge is 0.481 e. The Morgan fingerprint density at radius 3 is 1.92 bits per heavy atom. The van der Waals surface area contributed by atoms with Crippen LogP contribution in [0.1, 0.15) is 117 Å². The quantitative estimate of drug-likeness (QED) is 0.0911. The first-order chi connectivity index (χ1) is 17.7. The van der Waals surface area contributed by atoms with Crippen molar-refractivity contribution in [2.45, 2.75) is 123 Å². The zero-order chi connectivity index (χ0) is 27.9. The second kappa shape index (κ2) is 22.1. The molecule has 8 nitrogen and oxygen atoms in total. The van der Waals surface area contributed by atoms with Crippen molar-refractivity contribution in [3.05, 3.63) is 12.2 Å². The molecule has 0 aliphatic rings. The summed E-state index contributed by atoms with van der Waals surface area (Å²) < 4.78 is 0. The zero-order valence-electron chi connectivity index (χ0n) is 23.6. The molecule has 0 spiro atoms. The number of carbonyl (C=O) groups is 3. The second-order valence-electron chi connectivity index (χ2n) is 10.8. The Hall–Kier alpha value is -1.93. The van der Waals surface area contributed by atoms with Crippen LogP contribution in [0.4, 0.5) is 0 Å². The first-order valence-corrected chi connectivity index (χ1v) is 14.4. The Morgan fingerprint density at radius 2 is 1.38 bits per heavy atom. The monoisotopic (exact) mass is 526 g/mol. The summed E-state index contributed by atoms with van der Waals surface area (Å²) in [5, 5.41) is 33.8. The lowest BCUT2D eigenvalue weighted by molar-refractivity contribution is -0.143. The molecular weight excluding hydrogens is 472 g/mol. The van der Waals surface area contributed by atoms with Crippen LogP contribution in [0.25, 0.3) is 0 Å². The Kier molecular flexibility index (Phi) is 20.9. The maximum Gasteiger partial charge on any atom is 0.308 e. The van der Waals surface area contributed by atoms with Crippen LogP contribution >= 0.6 is 0 Å². The number of allylic oxidation sites excluding steroid dienone is 2. The molecule has 2 amide bonds. The molecule has 5 N–H and O–H groups in total. The molecule has 0 aliphatic heterocycles. The fourth-order valence-corrected chi connectivity index (χ4v) is 3.91.